The molecule has 0 amide bonds. The Kier molecular flexibility index (Phi) is 11.0. The summed E-state index contributed by atoms with van der Waals surface area (Å²) in [4.78, 5) is 28.8. The summed E-state index contributed by atoms with van der Waals surface area (Å²) in [5.74, 6) is -1.78. The zero-order valence-corrected chi connectivity index (χ0v) is 33.9. The Morgan fingerprint density at radius 3 is 2.09 bits per heavy atom. The molecule has 14 heteroatoms. The molecule has 0 aromatic carbocycles. The SMILES string of the molecule is C[C@H]1[C@H](C)CC[C@]2(C(=O)O)CC[C@]3(C(=O)O[C@@H]4O[C@H](CO)[C@@H](O)[C@H](O)[C@H]4O)C(=CC[C@@H]4[C@@]5(C)CC[C@H](O[C@@H]6O[C@H](C)[C@@H](O)[C@H](O)[C@H]6O)C(C)(C)[C@H]5CC[C@]43C)[C@@H]12. The van der Waals surface area contributed by atoms with Gasteiger partial charge in [0.25, 0.3) is 0 Å². The number of hydrogen-bond donors (Lipinski definition) is 8. The van der Waals surface area contributed by atoms with Gasteiger partial charge in [-0.2, -0.15) is 0 Å². The van der Waals surface area contributed by atoms with Gasteiger partial charge in [-0.25, -0.2) is 0 Å². The largest absolute Gasteiger partial charge is 0.481 e. The van der Waals surface area contributed by atoms with E-state index in [4.69, 9.17) is 18.9 Å². The van der Waals surface area contributed by atoms with Crippen molar-refractivity contribution >= 4 is 11.9 Å². The summed E-state index contributed by atoms with van der Waals surface area (Å²) >= 11 is 0. The Balaban J connectivity index is 1.28. The molecule has 0 unspecified atom stereocenters. The Labute approximate surface area is 329 Å². The first-order valence-corrected chi connectivity index (χ1v) is 20.9. The average Bonchev–Trinajstić information content (AvgIpc) is 3.14. The summed E-state index contributed by atoms with van der Waals surface area (Å²) in [7, 11) is 0. The summed E-state index contributed by atoms with van der Waals surface area (Å²) in [6.45, 7) is 13.9. The molecule has 56 heavy (non-hydrogen) atoms. The highest BCUT2D eigenvalue weighted by Crippen LogP contribution is 2.76. The lowest BCUT2D eigenvalue weighted by Gasteiger charge is -2.71. The van der Waals surface area contributed by atoms with E-state index >= 15 is 4.79 Å². The van der Waals surface area contributed by atoms with E-state index in [1.54, 1.807) is 6.92 Å². The maximum atomic E-state index is 15.4. The third kappa shape index (κ3) is 5.85. The molecular formula is C42H66O14. The number of carbonyl (C=O) groups excluding carboxylic acids is 1. The van der Waals surface area contributed by atoms with E-state index < -0.39 is 108 Å². The minimum absolute atomic E-state index is 0.0517. The predicted molar refractivity (Wildman–Crippen MR) is 198 cm³/mol. The second-order valence-electron chi connectivity index (χ2n) is 20.0. The molecule has 0 aromatic rings. The van der Waals surface area contributed by atoms with Crippen molar-refractivity contribution < 1.29 is 69.4 Å². The number of aliphatic carboxylic acids is 1. The summed E-state index contributed by atoms with van der Waals surface area (Å²) < 4.78 is 24.3. The molecule has 0 bridgehead atoms. The lowest BCUT2D eigenvalue weighted by Crippen LogP contribution is -2.69. The van der Waals surface area contributed by atoms with Gasteiger partial charge in [-0.1, -0.05) is 53.2 Å². The van der Waals surface area contributed by atoms with Crippen molar-refractivity contribution in [1.82, 2.24) is 0 Å². The van der Waals surface area contributed by atoms with Crippen LogP contribution in [0.4, 0.5) is 0 Å². The molecule has 318 valence electrons. The Hall–Kier alpha value is -1.72. The molecule has 0 radical (unpaired) electrons. The second kappa shape index (κ2) is 14.5. The quantitative estimate of drug-likeness (QED) is 0.110. The predicted octanol–water partition coefficient (Wildman–Crippen LogP) is 2.26. The van der Waals surface area contributed by atoms with E-state index in [9.17, 15) is 45.6 Å². The van der Waals surface area contributed by atoms with Crippen molar-refractivity contribution in [2.24, 2.45) is 56.7 Å². The number of aliphatic hydroxyl groups excluding tert-OH is 7. The standard InChI is InChI=1S/C42H66O14/c1-19-10-15-41(36(50)51)16-17-42(37(52)56-35-33(49)31(47)29(45)23(18-43)54-35)22(27(41)20(19)2)8-9-25-39(6)13-12-26(38(4,5)24(39)11-14-40(25,42)7)55-34-32(48)30(46)28(44)21(3)53-34/h8,19-21,23-35,43-49H,9-18H2,1-7H3,(H,50,51)/t19-,20+,21-,23-,24-,25-,26+,27-,28-,29-,30+,31+,32-,33-,34+,35+,39+,40-,41+,42-/m1/s1. The van der Waals surface area contributed by atoms with Crippen molar-refractivity contribution in [2.45, 2.75) is 174 Å². The number of allylic oxidation sites excluding steroid dienone is 1. The number of carboxylic acids is 1. The van der Waals surface area contributed by atoms with E-state index in [0.717, 1.165) is 12.0 Å². The molecule has 0 aromatic heterocycles. The zero-order valence-electron chi connectivity index (χ0n) is 33.9. The number of ether oxygens (including phenoxy) is 4. The van der Waals surface area contributed by atoms with Gasteiger partial charge in [0.2, 0.25) is 6.29 Å². The minimum Gasteiger partial charge on any atom is -0.481 e. The van der Waals surface area contributed by atoms with Crippen LogP contribution in [-0.4, -0.2) is 127 Å². The van der Waals surface area contributed by atoms with Gasteiger partial charge in [0.1, 0.15) is 42.7 Å². The smallest absolute Gasteiger partial charge is 0.319 e. The Bertz CT molecular complexity index is 1550. The molecule has 8 N–H and O–H groups in total. The summed E-state index contributed by atoms with van der Waals surface area (Å²) in [6, 6.07) is 0. The van der Waals surface area contributed by atoms with E-state index in [2.05, 4.69) is 47.6 Å². The first kappa shape index (κ1) is 42.4. The Morgan fingerprint density at radius 1 is 0.768 bits per heavy atom. The second-order valence-corrected chi connectivity index (χ2v) is 20.0. The van der Waals surface area contributed by atoms with Gasteiger partial charge in [0.15, 0.2) is 6.29 Å². The monoisotopic (exact) mass is 794 g/mol. The van der Waals surface area contributed by atoms with Gasteiger partial charge in [0, 0.05) is 0 Å². The van der Waals surface area contributed by atoms with Crippen LogP contribution < -0.4 is 0 Å². The van der Waals surface area contributed by atoms with Gasteiger partial charge in [0.05, 0.1) is 29.6 Å². The van der Waals surface area contributed by atoms with Gasteiger partial charge >= 0.3 is 11.9 Å². The van der Waals surface area contributed by atoms with Crippen LogP contribution in [0.25, 0.3) is 0 Å². The molecule has 7 aliphatic rings. The van der Waals surface area contributed by atoms with Gasteiger partial charge < -0.3 is 59.8 Å². The highest BCUT2D eigenvalue weighted by molar-refractivity contribution is 5.85. The van der Waals surface area contributed by atoms with Crippen molar-refractivity contribution in [3.05, 3.63) is 11.6 Å². The summed E-state index contributed by atoms with van der Waals surface area (Å²) in [6.07, 6.45) is -7.29. The fraction of sp³-hybridized carbons (Fsp3) is 0.905. The topological polar surface area (TPSA) is 233 Å². The van der Waals surface area contributed by atoms with Crippen LogP contribution in [0.2, 0.25) is 0 Å². The fourth-order valence-electron chi connectivity index (χ4n) is 13.8. The van der Waals surface area contributed by atoms with Crippen LogP contribution in [0.1, 0.15) is 106 Å². The Morgan fingerprint density at radius 2 is 1.43 bits per heavy atom. The van der Waals surface area contributed by atoms with E-state index in [1.165, 1.54) is 0 Å². The van der Waals surface area contributed by atoms with Crippen LogP contribution in [0.15, 0.2) is 11.6 Å². The number of aliphatic hydroxyl groups is 7. The molecule has 2 saturated heterocycles. The lowest BCUT2D eigenvalue weighted by molar-refractivity contribution is -0.325. The van der Waals surface area contributed by atoms with Crippen molar-refractivity contribution in [1.29, 1.82) is 0 Å². The highest BCUT2D eigenvalue weighted by Gasteiger charge is 2.74. The molecule has 2 aliphatic heterocycles. The van der Waals surface area contributed by atoms with E-state index in [1.807, 2.05) is 0 Å². The van der Waals surface area contributed by atoms with Crippen LogP contribution in [0.5, 0.6) is 0 Å². The molecular weight excluding hydrogens is 728 g/mol. The van der Waals surface area contributed by atoms with Gasteiger partial charge in [-0.15, -0.1) is 0 Å². The molecule has 4 saturated carbocycles. The lowest BCUT2D eigenvalue weighted by atomic mass is 9.33. The van der Waals surface area contributed by atoms with Gasteiger partial charge in [-0.3, -0.25) is 9.59 Å². The molecule has 5 aliphatic carbocycles. The number of carbonyl (C=O) groups is 2. The van der Waals surface area contributed by atoms with E-state index in [-0.39, 0.29) is 48.0 Å². The average molecular weight is 795 g/mol. The molecule has 7 rings (SSSR count). The third-order valence-corrected chi connectivity index (χ3v) is 17.3. The number of esters is 1. The molecule has 20 atom stereocenters. The molecule has 2 heterocycles. The maximum absolute atomic E-state index is 15.4. The molecule has 6 fully saturated rings. The number of hydrogen-bond acceptors (Lipinski definition) is 13. The van der Waals surface area contributed by atoms with Crippen LogP contribution >= 0.6 is 0 Å². The first-order valence-electron chi connectivity index (χ1n) is 20.9. The first-order chi connectivity index (χ1) is 26.1. The van der Waals surface area contributed by atoms with Crippen LogP contribution in [0, 0.1) is 56.7 Å². The van der Waals surface area contributed by atoms with E-state index in [0.29, 0.717) is 38.5 Å². The third-order valence-electron chi connectivity index (χ3n) is 17.3. The normalized spacial score (nSPS) is 54.0. The highest BCUT2D eigenvalue weighted by atomic mass is 16.7. The number of rotatable bonds is 6. The van der Waals surface area contributed by atoms with Crippen LogP contribution in [0.3, 0.4) is 0 Å². The van der Waals surface area contributed by atoms with Crippen LogP contribution in [-0.2, 0) is 28.5 Å². The van der Waals surface area contributed by atoms with Gasteiger partial charge in [-0.05, 0) is 111 Å². The molecule has 14 nitrogen and oxygen atoms in total. The summed E-state index contributed by atoms with van der Waals surface area (Å²) in [5.41, 5.74) is -3.09. The fourth-order valence-corrected chi connectivity index (χ4v) is 13.8. The minimum atomic E-state index is -1.79. The molecule has 0 spiro atoms. The van der Waals surface area contributed by atoms with Crippen molar-refractivity contribution in [2.75, 3.05) is 6.61 Å². The number of fused-ring (bicyclic) bond motifs is 7. The van der Waals surface area contributed by atoms with Crippen molar-refractivity contribution in [3.63, 3.8) is 0 Å². The maximum Gasteiger partial charge on any atom is 0.319 e. The number of carboxylic acid groups (broad SMARTS) is 1. The summed E-state index contributed by atoms with van der Waals surface area (Å²) in [5, 5.41) is 84.7. The van der Waals surface area contributed by atoms with Crippen molar-refractivity contribution in [3.8, 4) is 0 Å². The zero-order chi connectivity index (χ0) is 41.1.